The molecule has 0 aliphatic carbocycles. The molecule has 50 valence electrons. The van der Waals surface area contributed by atoms with Crippen molar-refractivity contribution in [2.45, 2.75) is 0 Å². The highest BCUT2D eigenvalue weighted by molar-refractivity contribution is 7.79. The van der Waals surface area contributed by atoms with E-state index < -0.39 is 14.9 Å². The second kappa shape index (κ2) is 1.57. The summed E-state index contributed by atoms with van der Waals surface area (Å²) in [5.41, 5.74) is 0. The van der Waals surface area contributed by atoms with E-state index in [0.717, 1.165) is 0 Å². The van der Waals surface area contributed by atoms with Gasteiger partial charge in [-0.25, -0.2) is 0 Å². The van der Waals surface area contributed by atoms with Gasteiger partial charge in [0.25, 0.3) is 0 Å². The molecule has 0 spiro atoms. The van der Waals surface area contributed by atoms with Crippen LogP contribution in [0.5, 0.6) is 0 Å². The average molecular weight is 151 g/mol. The smallest absolute Gasteiger partial charge is 0.370 e. The molecule has 0 heterocycles. The fraction of sp³-hybridized carbons (Fsp3) is 0. The van der Waals surface area contributed by atoms with Crippen molar-refractivity contribution in [3.05, 3.63) is 0 Å². The summed E-state index contributed by atoms with van der Waals surface area (Å²) < 4.78 is 53.6. The Morgan fingerprint density at radius 2 is 1.38 bits per heavy atom. The van der Waals surface area contributed by atoms with Crippen molar-refractivity contribution in [1.82, 2.24) is 0 Å². The van der Waals surface area contributed by atoms with Crippen molar-refractivity contribution >= 4 is 10.3 Å². The van der Waals surface area contributed by atoms with Crippen LogP contribution in [-0.2, 0) is 10.3 Å². The highest BCUT2D eigenvalue weighted by Gasteiger charge is 2.41. The summed E-state index contributed by atoms with van der Waals surface area (Å²) in [6.07, 6.45) is 0. The maximum absolute atomic E-state index is 10.6. The number of nitrogens with zero attached hydrogens (tertiary/aromatic N) is 1. The lowest BCUT2D eigenvalue weighted by Gasteiger charge is -2.01. The van der Waals surface area contributed by atoms with Crippen LogP contribution in [0.15, 0.2) is 0 Å². The van der Waals surface area contributed by atoms with E-state index in [1.54, 1.807) is 0 Å². The molecule has 0 unspecified atom stereocenters. The van der Waals surface area contributed by atoms with Gasteiger partial charge in [-0.15, -0.1) is 0 Å². The fourth-order valence-corrected chi connectivity index (χ4v) is 0. The van der Waals surface area contributed by atoms with E-state index >= 15 is 0 Å². The molecule has 0 aromatic carbocycles. The predicted molar refractivity (Wildman–Crippen MR) is 13.3 cm³/mol. The van der Waals surface area contributed by atoms with E-state index in [-0.39, 0.29) is 0 Å². The molecule has 0 aliphatic rings. The zero-order valence-electron chi connectivity index (χ0n) is 3.21. The molecule has 0 saturated heterocycles. The van der Waals surface area contributed by atoms with Crippen LogP contribution in [0.2, 0.25) is 0 Å². The molecule has 0 amide bonds. The van der Waals surface area contributed by atoms with Crippen LogP contribution in [0.25, 0.3) is 0 Å². The first-order valence-electron chi connectivity index (χ1n) is 1.19. The first kappa shape index (κ1) is 7.66. The first-order valence-corrected chi connectivity index (χ1v) is 2.55. The predicted octanol–water partition coefficient (Wildman–Crippen LogP) is -0.0831. The van der Waals surface area contributed by atoms with Crippen molar-refractivity contribution in [3.8, 4) is 0 Å². The third-order valence-corrected chi connectivity index (χ3v) is 0.761. The van der Waals surface area contributed by atoms with E-state index in [1.807, 2.05) is 0 Å². The average Bonchev–Trinajstić information content (AvgIpc) is 1.25. The molecular weight excluding hydrogens is 151 g/mol. The number of hydrogen-bond acceptors (Lipinski definition) is 3. The van der Waals surface area contributed by atoms with Crippen molar-refractivity contribution in [2.75, 3.05) is 0 Å². The molecule has 8 heteroatoms. The zero-order valence-corrected chi connectivity index (χ0v) is 4.03. The summed E-state index contributed by atoms with van der Waals surface area (Å²) in [5, 5.41) is 0. The Kier molecular flexibility index (Phi) is 1.50. The van der Waals surface area contributed by atoms with Crippen LogP contribution in [0.4, 0.5) is 13.4 Å². The molecule has 0 rings (SSSR count). The van der Waals surface area contributed by atoms with Crippen LogP contribution in [0.1, 0.15) is 0 Å². The fourth-order valence-electron chi connectivity index (χ4n) is 0. The lowest BCUT2D eigenvalue weighted by atomic mass is 13.4. The minimum absolute atomic E-state index is 5.06. The van der Waals surface area contributed by atoms with E-state index in [0.29, 0.717) is 0 Å². The molecule has 0 fully saturated rings. The first-order chi connectivity index (χ1) is 3.25. The minimum atomic E-state index is -6.15. The molecule has 0 atom stereocenters. The van der Waals surface area contributed by atoms with E-state index in [4.69, 9.17) is 13.0 Å². The van der Waals surface area contributed by atoms with Gasteiger partial charge in [-0.3, -0.25) is 0 Å². The lowest BCUT2D eigenvalue weighted by molar-refractivity contribution is -1.18. The second-order valence-corrected chi connectivity index (χ2v) is 2.10. The maximum Gasteiger partial charge on any atom is 0.370 e. The van der Waals surface area contributed by atoms with Crippen molar-refractivity contribution < 1.29 is 31.0 Å². The molecular formula is F3NO3S. The highest BCUT2D eigenvalue weighted by Crippen LogP contribution is 2.15. The van der Waals surface area contributed by atoms with Gasteiger partial charge in [0.2, 0.25) is 0 Å². The van der Waals surface area contributed by atoms with Gasteiger partial charge in [0.05, 0.1) is 0 Å². The Balaban J connectivity index is 4.53. The van der Waals surface area contributed by atoms with Crippen LogP contribution in [0.3, 0.4) is 0 Å². The van der Waals surface area contributed by atoms with Crippen molar-refractivity contribution in [1.29, 1.82) is 0 Å². The standard InChI is InChI=1S/F3NO3S/c1-4(2,3)8(5,6)7. The van der Waals surface area contributed by atoms with E-state index in [1.165, 1.54) is 0 Å². The summed E-state index contributed by atoms with van der Waals surface area (Å²) in [6.45, 7) is 0. The molecule has 4 nitrogen and oxygen atoms in total. The van der Waals surface area contributed by atoms with Crippen LogP contribution in [-0.4, -0.2) is 17.5 Å². The molecule has 0 bridgehead atoms. The quantitative estimate of drug-likeness (QED) is 0.389. The van der Waals surface area contributed by atoms with Crippen LogP contribution >= 0.6 is 0 Å². The molecule has 0 saturated carbocycles. The van der Waals surface area contributed by atoms with Gasteiger partial charge in [0.15, 0.2) is 0 Å². The van der Waals surface area contributed by atoms with Gasteiger partial charge in [0.1, 0.15) is 13.4 Å². The Hall–Kier alpha value is -0.340. The van der Waals surface area contributed by atoms with Gasteiger partial charge in [-0.1, -0.05) is 0 Å². The minimum Gasteiger partial charge on any atom is -0.693 e. The van der Waals surface area contributed by atoms with Gasteiger partial charge in [-0.05, 0) is 0 Å². The molecule has 8 heavy (non-hydrogen) atoms. The Morgan fingerprint density at radius 1 is 1.25 bits per heavy atom. The zero-order chi connectivity index (χ0) is 7.00. The number of halogens is 3. The van der Waals surface area contributed by atoms with Crippen LogP contribution < -0.4 is 0 Å². The summed E-state index contributed by atoms with van der Waals surface area (Å²) >= 11 is 0. The number of hydrogen-bond donors (Lipinski definition) is 0. The molecule has 0 N–H and O–H groups in total. The summed E-state index contributed by atoms with van der Waals surface area (Å²) in [7, 11) is -6.15. The van der Waals surface area contributed by atoms with E-state index in [9.17, 15) is 13.4 Å². The monoisotopic (exact) mass is 151 g/mol. The number of rotatable bonds is 1. The van der Waals surface area contributed by atoms with E-state index in [2.05, 4.69) is 0 Å². The van der Waals surface area contributed by atoms with Crippen molar-refractivity contribution in [2.24, 2.45) is 0 Å². The summed E-state index contributed by atoms with van der Waals surface area (Å²) in [4.78, 5) is 0. The second-order valence-electron chi connectivity index (χ2n) is 0.826. The van der Waals surface area contributed by atoms with Gasteiger partial charge >= 0.3 is 14.9 Å². The van der Waals surface area contributed by atoms with Crippen LogP contribution in [0, 0.1) is 0 Å². The third-order valence-electron chi connectivity index (χ3n) is 0.254. The molecule has 0 aliphatic heterocycles. The molecule has 0 radical (unpaired) electrons. The van der Waals surface area contributed by atoms with Gasteiger partial charge in [-0.2, -0.15) is 8.42 Å². The number of quaternary nitrogens is 1. The Bertz CT molecular complexity index is 163. The largest absolute Gasteiger partial charge is 0.693 e. The highest BCUT2D eigenvalue weighted by atomic mass is 32.2. The lowest BCUT2D eigenvalue weighted by Crippen LogP contribution is -2.27. The molecule has 0 aromatic heterocycles. The molecule has 0 aromatic rings. The SMILES string of the molecule is O=S(=O)([O-])[N+](F)(F)F. The topological polar surface area (TPSA) is 57.2 Å². The Morgan fingerprint density at radius 3 is 1.38 bits per heavy atom. The van der Waals surface area contributed by atoms with Gasteiger partial charge in [0, 0.05) is 0 Å². The van der Waals surface area contributed by atoms with Crippen molar-refractivity contribution in [3.63, 3.8) is 0 Å². The summed E-state index contributed by atoms with van der Waals surface area (Å²) in [6, 6.07) is 0. The Labute approximate surface area is 42.4 Å². The summed E-state index contributed by atoms with van der Waals surface area (Å²) in [5.74, 6) is 0. The third kappa shape index (κ3) is 1.64. The normalized spacial score (nSPS) is 14.0. The van der Waals surface area contributed by atoms with Gasteiger partial charge < -0.3 is 4.55 Å². The maximum atomic E-state index is 10.6.